The Hall–Kier alpha value is -2.75. The van der Waals surface area contributed by atoms with Gasteiger partial charge in [0.25, 0.3) is 0 Å². The summed E-state index contributed by atoms with van der Waals surface area (Å²) in [4.78, 5) is 29.1. The van der Waals surface area contributed by atoms with E-state index in [0.717, 1.165) is 12.8 Å². The predicted octanol–water partition coefficient (Wildman–Crippen LogP) is -0.130. The first-order valence-electron chi connectivity index (χ1n) is 10.9. The van der Waals surface area contributed by atoms with Crippen molar-refractivity contribution in [2.45, 2.75) is 75.9 Å². The van der Waals surface area contributed by atoms with Gasteiger partial charge in [0, 0.05) is 19.0 Å². The van der Waals surface area contributed by atoms with E-state index in [9.17, 15) is 24.9 Å². The highest BCUT2D eigenvalue weighted by Gasteiger charge is 2.56. The lowest BCUT2D eigenvalue weighted by Crippen LogP contribution is -2.50. The first-order chi connectivity index (χ1) is 15.8. The van der Waals surface area contributed by atoms with Crippen LogP contribution in [0.25, 0.3) is 0 Å². The number of allylic oxidation sites excluding steroid dienone is 1. The number of hydrogen-bond donors (Lipinski definition) is 6. The number of aliphatic hydroxyl groups is 3. The standard InChI is InChI=1S/C22H32N4O7/c1-3-9-17-23-16(24-18(28)10-7-5-6-8-11-19(29)25-32)12-13-26(17)21-20(30)22(31,4-2)15(14-27)33-21/h2,9,12-13,15,20-21,27,30-32H,3,5-8,10-11,14H2,1H3,(H,25,29)(H,23,24,28)/b17-9-/t15?,20-,21?,22+/m0/s1. The summed E-state index contributed by atoms with van der Waals surface area (Å²) in [5.74, 6) is 2.17. The van der Waals surface area contributed by atoms with Gasteiger partial charge in [-0.3, -0.25) is 14.8 Å². The predicted molar refractivity (Wildman–Crippen MR) is 118 cm³/mol. The van der Waals surface area contributed by atoms with Gasteiger partial charge in [0.2, 0.25) is 11.8 Å². The number of aliphatic imine (C=N–C) groups is 1. The third-order valence-corrected chi connectivity index (χ3v) is 5.42. The summed E-state index contributed by atoms with van der Waals surface area (Å²) in [6, 6.07) is 0. The lowest BCUT2D eigenvalue weighted by atomic mass is 9.93. The molecule has 0 aromatic carbocycles. The minimum atomic E-state index is -2.05. The number of ether oxygens (including phenoxy) is 1. The quantitative estimate of drug-likeness (QED) is 0.113. The van der Waals surface area contributed by atoms with Crippen molar-refractivity contribution >= 4 is 17.6 Å². The summed E-state index contributed by atoms with van der Waals surface area (Å²) < 4.78 is 5.61. The van der Waals surface area contributed by atoms with Crippen LogP contribution in [-0.2, 0) is 14.3 Å². The molecular formula is C22H32N4O7. The SMILES string of the molecule is C#C[C@@]1(O)C(CO)OC(N2C=CC(NC(=O)CCCCCCC(=O)NO)=N/C2=C/CC)[C@@H]1O. The highest BCUT2D eigenvalue weighted by Crippen LogP contribution is 2.35. The summed E-state index contributed by atoms with van der Waals surface area (Å²) in [5, 5.41) is 41.8. The van der Waals surface area contributed by atoms with Crippen LogP contribution in [0.5, 0.6) is 0 Å². The van der Waals surface area contributed by atoms with E-state index in [-0.39, 0.29) is 18.7 Å². The Bertz CT molecular complexity index is 835. The number of hydroxylamine groups is 1. The Morgan fingerprint density at radius 1 is 1.30 bits per heavy atom. The maximum atomic E-state index is 12.3. The summed E-state index contributed by atoms with van der Waals surface area (Å²) >= 11 is 0. The van der Waals surface area contributed by atoms with Gasteiger partial charge in [-0.25, -0.2) is 10.5 Å². The number of unbranched alkanes of at least 4 members (excludes halogenated alkanes) is 3. The van der Waals surface area contributed by atoms with Crippen molar-refractivity contribution in [2.24, 2.45) is 4.99 Å². The van der Waals surface area contributed by atoms with Crippen LogP contribution in [0.2, 0.25) is 0 Å². The summed E-state index contributed by atoms with van der Waals surface area (Å²) in [7, 11) is 0. The Balaban J connectivity index is 1.93. The fraction of sp³-hybridized carbons (Fsp3) is 0.591. The first kappa shape index (κ1) is 26.5. The molecule has 2 aliphatic heterocycles. The van der Waals surface area contributed by atoms with Gasteiger partial charge in [-0.2, -0.15) is 0 Å². The van der Waals surface area contributed by atoms with Gasteiger partial charge >= 0.3 is 0 Å². The van der Waals surface area contributed by atoms with Crippen LogP contribution in [0.1, 0.15) is 51.9 Å². The van der Waals surface area contributed by atoms with Crippen molar-refractivity contribution in [3.05, 3.63) is 24.2 Å². The molecule has 0 spiro atoms. The molecule has 4 atom stereocenters. The first-order valence-corrected chi connectivity index (χ1v) is 10.9. The number of rotatable bonds is 10. The molecule has 0 radical (unpaired) electrons. The molecule has 6 N–H and O–H groups in total. The van der Waals surface area contributed by atoms with Crippen LogP contribution < -0.4 is 10.8 Å². The highest BCUT2D eigenvalue weighted by atomic mass is 16.6. The van der Waals surface area contributed by atoms with E-state index in [0.29, 0.717) is 30.9 Å². The van der Waals surface area contributed by atoms with E-state index in [1.165, 1.54) is 11.0 Å². The second-order valence-corrected chi connectivity index (χ2v) is 7.80. The average molecular weight is 465 g/mol. The van der Waals surface area contributed by atoms with Gasteiger partial charge in [0.15, 0.2) is 11.8 Å². The third-order valence-electron chi connectivity index (χ3n) is 5.42. The van der Waals surface area contributed by atoms with Crippen LogP contribution in [0.15, 0.2) is 29.2 Å². The minimum Gasteiger partial charge on any atom is -0.394 e. The average Bonchev–Trinajstić information content (AvgIpc) is 3.06. The summed E-state index contributed by atoms with van der Waals surface area (Å²) in [6.45, 7) is 1.32. The van der Waals surface area contributed by atoms with Crippen LogP contribution in [-0.4, -0.2) is 73.7 Å². The molecule has 11 heteroatoms. The van der Waals surface area contributed by atoms with Crippen molar-refractivity contribution in [3.8, 4) is 12.3 Å². The minimum absolute atomic E-state index is 0.213. The van der Waals surface area contributed by atoms with E-state index < -0.39 is 36.6 Å². The van der Waals surface area contributed by atoms with Crippen molar-refractivity contribution in [1.29, 1.82) is 0 Å². The molecule has 2 aliphatic rings. The second kappa shape index (κ2) is 12.5. The summed E-state index contributed by atoms with van der Waals surface area (Å²) in [5.41, 5.74) is -0.468. The molecule has 33 heavy (non-hydrogen) atoms. The molecule has 0 aliphatic carbocycles. The van der Waals surface area contributed by atoms with Crippen molar-refractivity contribution < 1.29 is 34.9 Å². The number of amides is 2. The second-order valence-electron chi connectivity index (χ2n) is 7.80. The smallest absolute Gasteiger partial charge is 0.243 e. The number of hydrogen-bond acceptors (Lipinski definition) is 9. The van der Waals surface area contributed by atoms with Crippen molar-refractivity contribution in [2.75, 3.05) is 6.61 Å². The Kier molecular flexibility index (Phi) is 10.0. The zero-order valence-corrected chi connectivity index (χ0v) is 18.6. The highest BCUT2D eigenvalue weighted by molar-refractivity contribution is 6.05. The topological polar surface area (TPSA) is 164 Å². The van der Waals surface area contributed by atoms with Gasteiger partial charge < -0.3 is 30.3 Å². The fourth-order valence-electron chi connectivity index (χ4n) is 3.58. The molecule has 182 valence electrons. The molecule has 0 aromatic rings. The molecule has 2 amide bonds. The number of terminal acetylenes is 1. The number of carbonyl (C=O) groups excluding carboxylic acids is 2. The normalized spacial score (nSPS) is 27.9. The van der Waals surface area contributed by atoms with E-state index in [4.69, 9.17) is 16.4 Å². The molecule has 2 unspecified atom stereocenters. The molecule has 0 aromatic heterocycles. The molecule has 1 saturated heterocycles. The zero-order chi connectivity index (χ0) is 24.4. The number of amidine groups is 1. The molecule has 2 heterocycles. The maximum Gasteiger partial charge on any atom is 0.243 e. The molecule has 1 fully saturated rings. The third kappa shape index (κ3) is 6.63. The van der Waals surface area contributed by atoms with Crippen molar-refractivity contribution in [1.82, 2.24) is 15.7 Å². The monoisotopic (exact) mass is 464 g/mol. The Labute approximate surface area is 192 Å². The largest absolute Gasteiger partial charge is 0.394 e. The summed E-state index contributed by atoms with van der Waals surface area (Å²) in [6.07, 6.45) is 10.4. The van der Waals surface area contributed by atoms with E-state index in [1.807, 2.05) is 6.92 Å². The van der Waals surface area contributed by atoms with Crippen LogP contribution in [0.4, 0.5) is 0 Å². The molecule has 11 nitrogen and oxygen atoms in total. The fourth-order valence-corrected chi connectivity index (χ4v) is 3.58. The van der Waals surface area contributed by atoms with E-state index in [1.54, 1.807) is 17.8 Å². The lowest BCUT2D eigenvalue weighted by Gasteiger charge is -2.32. The number of nitrogens with one attached hydrogen (secondary N) is 2. The molecule has 2 rings (SSSR count). The number of carbonyl (C=O) groups is 2. The van der Waals surface area contributed by atoms with E-state index in [2.05, 4.69) is 16.2 Å². The van der Waals surface area contributed by atoms with E-state index >= 15 is 0 Å². The maximum absolute atomic E-state index is 12.3. The van der Waals surface area contributed by atoms with Gasteiger partial charge in [-0.05, 0) is 31.4 Å². The molecule has 0 saturated carbocycles. The molecular weight excluding hydrogens is 432 g/mol. The Morgan fingerprint density at radius 2 is 1.97 bits per heavy atom. The molecule has 0 bridgehead atoms. The zero-order valence-electron chi connectivity index (χ0n) is 18.6. The van der Waals surface area contributed by atoms with Crippen LogP contribution in [0.3, 0.4) is 0 Å². The van der Waals surface area contributed by atoms with Gasteiger partial charge in [-0.1, -0.05) is 25.7 Å². The lowest BCUT2D eigenvalue weighted by molar-refractivity contribution is -0.129. The van der Waals surface area contributed by atoms with Gasteiger partial charge in [0.05, 0.1) is 6.61 Å². The van der Waals surface area contributed by atoms with Gasteiger partial charge in [0.1, 0.15) is 23.9 Å². The van der Waals surface area contributed by atoms with Crippen LogP contribution >= 0.6 is 0 Å². The van der Waals surface area contributed by atoms with Crippen molar-refractivity contribution in [3.63, 3.8) is 0 Å². The Morgan fingerprint density at radius 3 is 2.52 bits per heavy atom. The number of aliphatic hydroxyl groups excluding tert-OH is 2. The van der Waals surface area contributed by atoms with Crippen LogP contribution in [0, 0.1) is 12.3 Å². The van der Waals surface area contributed by atoms with Gasteiger partial charge in [-0.15, -0.1) is 6.42 Å². The number of nitrogens with zero attached hydrogens (tertiary/aromatic N) is 2.